The molecule has 0 amide bonds. The summed E-state index contributed by atoms with van der Waals surface area (Å²) in [4.78, 5) is 0. The van der Waals surface area contributed by atoms with Crippen molar-refractivity contribution >= 4 is 10.8 Å². The maximum absolute atomic E-state index is 10.2. The highest BCUT2D eigenvalue weighted by atomic mass is 16.5. The first kappa shape index (κ1) is 12.7. The molecule has 0 radical (unpaired) electrons. The number of ether oxygens (including phenoxy) is 2. The smallest absolute Gasteiger partial charge is 0.125 e. The van der Waals surface area contributed by atoms with Crippen molar-refractivity contribution in [3.8, 4) is 11.5 Å². The van der Waals surface area contributed by atoms with Gasteiger partial charge in [0.15, 0.2) is 0 Å². The molecule has 0 saturated carbocycles. The van der Waals surface area contributed by atoms with Crippen molar-refractivity contribution in [1.82, 2.24) is 0 Å². The lowest BCUT2D eigenvalue weighted by Crippen LogP contribution is -2.00. The third-order valence-electron chi connectivity index (χ3n) is 3.17. The van der Waals surface area contributed by atoms with Gasteiger partial charge in [0, 0.05) is 5.56 Å². The van der Waals surface area contributed by atoms with Gasteiger partial charge in [-0.1, -0.05) is 19.1 Å². The molecule has 0 aliphatic carbocycles. The van der Waals surface area contributed by atoms with Gasteiger partial charge in [0.05, 0.1) is 20.3 Å². The molecule has 2 aromatic carbocycles. The minimum Gasteiger partial charge on any atom is -0.497 e. The van der Waals surface area contributed by atoms with Crippen molar-refractivity contribution in [2.45, 2.75) is 19.4 Å². The Morgan fingerprint density at radius 1 is 1.11 bits per heavy atom. The van der Waals surface area contributed by atoms with Gasteiger partial charge in [-0.3, -0.25) is 0 Å². The Morgan fingerprint density at radius 3 is 2.50 bits per heavy atom. The summed E-state index contributed by atoms with van der Waals surface area (Å²) < 4.78 is 10.6. The molecule has 96 valence electrons. The molecule has 1 N–H and O–H groups in total. The van der Waals surface area contributed by atoms with Crippen LogP contribution in [0.5, 0.6) is 11.5 Å². The summed E-state index contributed by atoms with van der Waals surface area (Å²) in [6.07, 6.45) is 0.138. The van der Waals surface area contributed by atoms with E-state index in [-0.39, 0.29) is 0 Å². The third kappa shape index (κ3) is 2.14. The van der Waals surface area contributed by atoms with Crippen LogP contribution in [-0.2, 0) is 0 Å². The van der Waals surface area contributed by atoms with Crippen LogP contribution in [0.2, 0.25) is 0 Å². The van der Waals surface area contributed by atoms with Crippen molar-refractivity contribution in [3.05, 3.63) is 35.9 Å². The maximum Gasteiger partial charge on any atom is 0.125 e. The molecule has 0 heterocycles. The molecule has 3 nitrogen and oxygen atoms in total. The van der Waals surface area contributed by atoms with Gasteiger partial charge >= 0.3 is 0 Å². The lowest BCUT2D eigenvalue weighted by Gasteiger charge is -2.16. The molecular weight excluding hydrogens is 228 g/mol. The van der Waals surface area contributed by atoms with Crippen molar-refractivity contribution < 1.29 is 14.6 Å². The molecule has 1 unspecified atom stereocenters. The Kier molecular flexibility index (Phi) is 3.72. The molecular formula is C15H18O3. The van der Waals surface area contributed by atoms with Crippen molar-refractivity contribution in [2.24, 2.45) is 0 Å². The Labute approximate surface area is 107 Å². The predicted octanol–water partition coefficient (Wildman–Crippen LogP) is 3.30. The highest BCUT2D eigenvalue weighted by Crippen LogP contribution is 2.35. The number of rotatable bonds is 4. The normalized spacial score (nSPS) is 12.4. The van der Waals surface area contributed by atoms with E-state index in [2.05, 4.69) is 0 Å². The Balaban J connectivity index is 2.69. The SMILES string of the molecule is CCC(O)c1c(OC)ccc2cc(OC)ccc12. The lowest BCUT2D eigenvalue weighted by molar-refractivity contribution is 0.171. The minimum absolute atomic E-state index is 0.517. The van der Waals surface area contributed by atoms with E-state index in [0.717, 1.165) is 27.8 Å². The molecule has 2 aromatic rings. The van der Waals surface area contributed by atoms with Crippen LogP contribution in [-0.4, -0.2) is 19.3 Å². The summed E-state index contributed by atoms with van der Waals surface area (Å²) in [5.74, 6) is 1.53. The summed E-state index contributed by atoms with van der Waals surface area (Å²) in [6, 6.07) is 9.68. The number of benzene rings is 2. The van der Waals surface area contributed by atoms with Gasteiger partial charge in [-0.25, -0.2) is 0 Å². The number of fused-ring (bicyclic) bond motifs is 1. The van der Waals surface area contributed by atoms with Gasteiger partial charge in [0.25, 0.3) is 0 Å². The highest BCUT2D eigenvalue weighted by molar-refractivity contribution is 5.89. The second-order valence-corrected chi connectivity index (χ2v) is 4.19. The van der Waals surface area contributed by atoms with Crippen LogP contribution in [0.1, 0.15) is 25.0 Å². The van der Waals surface area contributed by atoms with Gasteiger partial charge < -0.3 is 14.6 Å². The standard InChI is InChI=1S/C15H18O3/c1-4-13(16)15-12-7-6-11(17-2)9-10(12)5-8-14(15)18-3/h5-9,13,16H,4H2,1-3H3. The Hall–Kier alpha value is -1.74. The third-order valence-corrected chi connectivity index (χ3v) is 3.17. The summed E-state index contributed by atoms with van der Waals surface area (Å²) in [6.45, 7) is 1.95. The van der Waals surface area contributed by atoms with E-state index in [9.17, 15) is 5.11 Å². The second-order valence-electron chi connectivity index (χ2n) is 4.19. The molecule has 2 rings (SSSR count). The highest BCUT2D eigenvalue weighted by Gasteiger charge is 2.15. The molecule has 1 atom stereocenters. The average Bonchev–Trinajstić information content (AvgIpc) is 2.44. The quantitative estimate of drug-likeness (QED) is 0.899. The van der Waals surface area contributed by atoms with Crippen LogP contribution in [0.15, 0.2) is 30.3 Å². The number of aliphatic hydroxyl groups is 1. The average molecular weight is 246 g/mol. The van der Waals surface area contributed by atoms with Crippen molar-refractivity contribution in [1.29, 1.82) is 0 Å². The van der Waals surface area contributed by atoms with Crippen LogP contribution >= 0.6 is 0 Å². The van der Waals surface area contributed by atoms with E-state index in [1.165, 1.54) is 0 Å². The zero-order chi connectivity index (χ0) is 13.1. The van der Waals surface area contributed by atoms with Gasteiger partial charge in [0.1, 0.15) is 11.5 Å². The van der Waals surface area contributed by atoms with E-state index in [0.29, 0.717) is 6.42 Å². The lowest BCUT2D eigenvalue weighted by atomic mass is 9.97. The summed E-state index contributed by atoms with van der Waals surface area (Å²) in [5.41, 5.74) is 0.847. The first-order chi connectivity index (χ1) is 8.71. The van der Waals surface area contributed by atoms with Crippen molar-refractivity contribution in [2.75, 3.05) is 14.2 Å². The first-order valence-corrected chi connectivity index (χ1v) is 6.04. The summed E-state index contributed by atoms with van der Waals surface area (Å²) >= 11 is 0. The van der Waals surface area contributed by atoms with Crippen LogP contribution < -0.4 is 9.47 Å². The number of aliphatic hydroxyl groups excluding tert-OH is 1. The minimum atomic E-state index is -0.517. The molecule has 0 aliphatic heterocycles. The van der Waals surface area contributed by atoms with Gasteiger partial charge in [0.2, 0.25) is 0 Å². The van der Waals surface area contributed by atoms with Crippen LogP contribution in [0.3, 0.4) is 0 Å². The first-order valence-electron chi connectivity index (χ1n) is 6.04. The maximum atomic E-state index is 10.2. The van der Waals surface area contributed by atoms with Gasteiger partial charge in [-0.2, -0.15) is 0 Å². The molecule has 0 fully saturated rings. The van der Waals surface area contributed by atoms with E-state index < -0.39 is 6.10 Å². The predicted molar refractivity (Wildman–Crippen MR) is 72.3 cm³/mol. The van der Waals surface area contributed by atoms with E-state index in [1.807, 2.05) is 37.3 Å². The monoisotopic (exact) mass is 246 g/mol. The van der Waals surface area contributed by atoms with Crippen molar-refractivity contribution in [3.63, 3.8) is 0 Å². The zero-order valence-electron chi connectivity index (χ0n) is 10.9. The molecule has 0 spiro atoms. The molecule has 0 aromatic heterocycles. The fourth-order valence-corrected chi connectivity index (χ4v) is 2.16. The number of methoxy groups -OCH3 is 2. The summed E-state index contributed by atoms with van der Waals surface area (Å²) in [5, 5.41) is 12.2. The van der Waals surface area contributed by atoms with E-state index in [1.54, 1.807) is 14.2 Å². The van der Waals surface area contributed by atoms with Crippen LogP contribution in [0.25, 0.3) is 10.8 Å². The second kappa shape index (κ2) is 5.27. The zero-order valence-corrected chi connectivity index (χ0v) is 10.9. The summed E-state index contributed by atoms with van der Waals surface area (Å²) in [7, 11) is 3.27. The molecule has 0 bridgehead atoms. The topological polar surface area (TPSA) is 38.7 Å². The number of hydrogen-bond donors (Lipinski definition) is 1. The van der Waals surface area contributed by atoms with E-state index in [4.69, 9.17) is 9.47 Å². The fourth-order valence-electron chi connectivity index (χ4n) is 2.16. The van der Waals surface area contributed by atoms with E-state index >= 15 is 0 Å². The Bertz CT molecular complexity index is 549. The number of hydrogen-bond acceptors (Lipinski definition) is 3. The molecule has 0 aliphatic rings. The fraction of sp³-hybridized carbons (Fsp3) is 0.333. The van der Waals surface area contributed by atoms with Gasteiger partial charge in [-0.15, -0.1) is 0 Å². The molecule has 0 saturated heterocycles. The van der Waals surface area contributed by atoms with Crippen LogP contribution in [0, 0.1) is 0 Å². The Morgan fingerprint density at radius 2 is 1.89 bits per heavy atom. The largest absolute Gasteiger partial charge is 0.497 e. The molecule has 18 heavy (non-hydrogen) atoms. The van der Waals surface area contributed by atoms with Gasteiger partial charge in [-0.05, 0) is 35.4 Å². The van der Waals surface area contributed by atoms with Crippen LogP contribution in [0.4, 0.5) is 0 Å². The molecule has 3 heteroatoms.